The second kappa shape index (κ2) is 8.29. The van der Waals surface area contributed by atoms with Crippen molar-refractivity contribution in [2.24, 2.45) is 0 Å². The first kappa shape index (κ1) is 18.4. The van der Waals surface area contributed by atoms with Gasteiger partial charge in [-0.25, -0.2) is 0 Å². The van der Waals surface area contributed by atoms with E-state index >= 15 is 0 Å². The number of amides is 1. The number of aryl methyl sites for hydroxylation is 1. The van der Waals surface area contributed by atoms with Gasteiger partial charge in [0.05, 0.1) is 13.2 Å². The van der Waals surface area contributed by atoms with E-state index in [1.165, 1.54) is 17.4 Å². The Labute approximate surface area is 153 Å². The van der Waals surface area contributed by atoms with Crippen LogP contribution in [0, 0.1) is 6.92 Å². The molecule has 3 N–H and O–H groups in total. The van der Waals surface area contributed by atoms with Gasteiger partial charge in [0.2, 0.25) is 0 Å². The molecule has 138 valence electrons. The Hall–Kier alpha value is -2.44. The first-order valence-electron chi connectivity index (χ1n) is 9.01. The van der Waals surface area contributed by atoms with Crippen LogP contribution in [0.25, 0.3) is 0 Å². The molecule has 1 fully saturated rings. The molecule has 3 rings (SSSR count). The summed E-state index contributed by atoms with van der Waals surface area (Å²) in [6.07, 6.45) is 1.57. The minimum atomic E-state index is -0.198. The van der Waals surface area contributed by atoms with Crippen molar-refractivity contribution in [2.75, 3.05) is 32.8 Å². The zero-order chi connectivity index (χ0) is 18.5. The molecule has 1 aromatic carbocycles. The quantitative estimate of drug-likeness (QED) is 0.674. The van der Waals surface area contributed by atoms with Gasteiger partial charge in [0.1, 0.15) is 31.4 Å². The second-order valence-corrected chi connectivity index (χ2v) is 6.86. The molecular formula is C20H26N3O3+. The van der Waals surface area contributed by atoms with Crippen molar-refractivity contribution >= 4 is 11.7 Å². The largest absolute Gasteiger partial charge is 0.370 e. The summed E-state index contributed by atoms with van der Waals surface area (Å²) in [5.41, 5.74) is 3.19. The molecule has 6 heteroatoms. The first-order valence-corrected chi connectivity index (χ1v) is 9.01. The van der Waals surface area contributed by atoms with E-state index in [-0.39, 0.29) is 17.7 Å². The molecule has 0 bridgehead atoms. The van der Waals surface area contributed by atoms with Crippen LogP contribution in [0.1, 0.15) is 44.9 Å². The van der Waals surface area contributed by atoms with E-state index in [4.69, 9.17) is 4.74 Å². The number of ether oxygens (including phenoxy) is 1. The highest BCUT2D eigenvalue weighted by Gasteiger charge is 2.24. The Morgan fingerprint density at radius 1 is 1.23 bits per heavy atom. The van der Waals surface area contributed by atoms with E-state index in [2.05, 4.69) is 34.6 Å². The van der Waals surface area contributed by atoms with Gasteiger partial charge < -0.3 is 19.9 Å². The standard InChI is InChI=1S/C20H25N3O3/c1-14-3-5-16(6-4-14)19(13-23-7-9-26-10-8-23)22-20(25)18-11-17(12-21-18)15(2)24/h3-6,11-12,19,21H,7-10,13H2,1-2H3,(H,22,25)/p+1/t19-/m1/s1. The number of nitrogens with one attached hydrogen (secondary N) is 3. The van der Waals surface area contributed by atoms with Crippen LogP contribution in [0.5, 0.6) is 0 Å². The lowest BCUT2D eigenvalue weighted by Crippen LogP contribution is -3.14. The fourth-order valence-corrected chi connectivity index (χ4v) is 3.17. The van der Waals surface area contributed by atoms with Crippen molar-refractivity contribution in [2.45, 2.75) is 19.9 Å². The molecule has 1 aliphatic heterocycles. The fraction of sp³-hybridized carbons (Fsp3) is 0.400. The number of rotatable bonds is 6. The summed E-state index contributed by atoms with van der Waals surface area (Å²) in [5, 5.41) is 3.13. The van der Waals surface area contributed by atoms with E-state index in [0.29, 0.717) is 11.3 Å². The third kappa shape index (κ3) is 4.59. The number of quaternary nitrogens is 1. The van der Waals surface area contributed by atoms with E-state index < -0.39 is 0 Å². The molecular weight excluding hydrogens is 330 g/mol. The van der Waals surface area contributed by atoms with E-state index in [9.17, 15) is 9.59 Å². The lowest BCUT2D eigenvalue weighted by atomic mass is 10.0. The third-order valence-corrected chi connectivity index (χ3v) is 4.81. The summed E-state index contributed by atoms with van der Waals surface area (Å²) >= 11 is 0. The smallest absolute Gasteiger partial charge is 0.268 e. The topological polar surface area (TPSA) is 75.6 Å². The van der Waals surface area contributed by atoms with Gasteiger partial charge in [-0.3, -0.25) is 9.59 Å². The summed E-state index contributed by atoms with van der Waals surface area (Å²) in [4.78, 5) is 28.4. The molecule has 0 saturated carbocycles. The van der Waals surface area contributed by atoms with Crippen LogP contribution in [0.3, 0.4) is 0 Å². The number of carbonyl (C=O) groups is 2. The van der Waals surface area contributed by atoms with Crippen LogP contribution in [0.15, 0.2) is 36.5 Å². The molecule has 26 heavy (non-hydrogen) atoms. The number of hydrogen-bond acceptors (Lipinski definition) is 3. The minimum Gasteiger partial charge on any atom is -0.370 e. The zero-order valence-electron chi connectivity index (χ0n) is 15.3. The highest BCUT2D eigenvalue weighted by Crippen LogP contribution is 2.14. The number of morpholine rings is 1. The van der Waals surface area contributed by atoms with Crippen LogP contribution in [-0.2, 0) is 4.74 Å². The van der Waals surface area contributed by atoms with Crippen molar-refractivity contribution < 1.29 is 19.2 Å². The average molecular weight is 356 g/mol. The molecule has 1 aliphatic rings. The number of Topliss-reactive ketones (excluding diaryl/α,β-unsaturated/α-hetero) is 1. The van der Waals surface area contributed by atoms with Crippen LogP contribution in [0.2, 0.25) is 0 Å². The number of carbonyl (C=O) groups excluding carboxylic acids is 2. The lowest BCUT2D eigenvalue weighted by molar-refractivity contribution is -0.909. The summed E-state index contributed by atoms with van der Waals surface area (Å²) in [6.45, 7) is 7.72. The fourth-order valence-electron chi connectivity index (χ4n) is 3.17. The van der Waals surface area contributed by atoms with Crippen LogP contribution in [-0.4, -0.2) is 49.5 Å². The average Bonchev–Trinajstić information content (AvgIpc) is 3.13. The second-order valence-electron chi connectivity index (χ2n) is 6.86. The van der Waals surface area contributed by atoms with Crippen LogP contribution in [0.4, 0.5) is 0 Å². The number of aromatic amines is 1. The van der Waals surface area contributed by atoms with E-state index in [1.54, 1.807) is 12.3 Å². The van der Waals surface area contributed by atoms with Gasteiger partial charge in [0.25, 0.3) is 5.91 Å². The van der Waals surface area contributed by atoms with Gasteiger partial charge >= 0.3 is 0 Å². The van der Waals surface area contributed by atoms with Gasteiger partial charge in [0, 0.05) is 11.8 Å². The predicted octanol–water partition coefficient (Wildman–Crippen LogP) is 0.912. The Balaban J connectivity index is 1.76. The van der Waals surface area contributed by atoms with Crippen molar-refractivity contribution in [1.29, 1.82) is 0 Å². The van der Waals surface area contributed by atoms with Gasteiger partial charge in [-0.2, -0.15) is 0 Å². The summed E-state index contributed by atoms with van der Waals surface area (Å²) in [5.74, 6) is -0.260. The molecule has 0 aliphatic carbocycles. The maximum atomic E-state index is 12.7. The Morgan fingerprint density at radius 2 is 1.92 bits per heavy atom. The SMILES string of the molecule is CC(=O)c1c[nH]c(C(=O)N[C@H](C[NH+]2CCOCC2)c2ccc(C)cc2)c1. The van der Waals surface area contributed by atoms with Gasteiger partial charge in [-0.1, -0.05) is 29.8 Å². The molecule has 0 radical (unpaired) electrons. The normalized spacial score (nSPS) is 16.2. The molecule has 1 saturated heterocycles. The van der Waals surface area contributed by atoms with Gasteiger partial charge in [-0.15, -0.1) is 0 Å². The van der Waals surface area contributed by atoms with Gasteiger partial charge in [0.15, 0.2) is 5.78 Å². The molecule has 0 unspecified atom stereocenters. The van der Waals surface area contributed by atoms with E-state index in [1.807, 2.05) is 6.92 Å². The molecule has 6 nitrogen and oxygen atoms in total. The Morgan fingerprint density at radius 3 is 2.54 bits per heavy atom. The molecule has 1 atom stereocenters. The van der Waals surface area contributed by atoms with Crippen molar-refractivity contribution in [1.82, 2.24) is 10.3 Å². The van der Waals surface area contributed by atoms with Crippen LogP contribution < -0.4 is 10.2 Å². The number of ketones is 1. The highest BCUT2D eigenvalue weighted by atomic mass is 16.5. The van der Waals surface area contributed by atoms with E-state index in [0.717, 1.165) is 38.4 Å². The molecule has 0 spiro atoms. The minimum absolute atomic E-state index is 0.0619. The van der Waals surface area contributed by atoms with Crippen molar-refractivity contribution in [3.8, 4) is 0 Å². The first-order chi connectivity index (χ1) is 12.5. The number of hydrogen-bond donors (Lipinski definition) is 3. The Kier molecular flexibility index (Phi) is 5.85. The third-order valence-electron chi connectivity index (χ3n) is 4.81. The zero-order valence-corrected chi connectivity index (χ0v) is 15.3. The van der Waals surface area contributed by atoms with Crippen LogP contribution >= 0.6 is 0 Å². The maximum Gasteiger partial charge on any atom is 0.268 e. The van der Waals surface area contributed by atoms with Crippen molar-refractivity contribution in [3.05, 3.63) is 58.9 Å². The summed E-state index contributed by atoms with van der Waals surface area (Å²) in [7, 11) is 0. The molecule has 1 amide bonds. The Bertz CT molecular complexity index is 761. The molecule has 2 aromatic rings. The summed E-state index contributed by atoms with van der Waals surface area (Å²) in [6, 6.07) is 9.76. The molecule has 2 heterocycles. The lowest BCUT2D eigenvalue weighted by Gasteiger charge is -2.28. The number of H-pyrrole nitrogens is 1. The van der Waals surface area contributed by atoms with Crippen molar-refractivity contribution in [3.63, 3.8) is 0 Å². The van der Waals surface area contributed by atoms with Gasteiger partial charge in [-0.05, 0) is 25.5 Å². The predicted molar refractivity (Wildman–Crippen MR) is 98.6 cm³/mol. The summed E-state index contributed by atoms with van der Waals surface area (Å²) < 4.78 is 5.43. The molecule has 1 aromatic heterocycles. The number of aromatic nitrogens is 1. The monoisotopic (exact) mass is 356 g/mol. The maximum absolute atomic E-state index is 12.7. The highest BCUT2D eigenvalue weighted by molar-refractivity contribution is 5.99. The number of benzene rings is 1.